The molecule has 0 fully saturated rings. The molecule has 5 nitrogen and oxygen atoms in total. The maximum absolute atomic E-state index is 12.9. The van der Waals surface area contributed by atoms with Gasteiger partial charge in [-0.3, -0.25) is 4.79 Å². The number of carbonyl (C=O) groups is 1. The molecular formula is C11H8ClFN4O. The zero-order valence-corrected chi connectivity index (χ0v) is 9.78. The highest BCUT2D eigenvalue weighted by Gasteiger charge is 2.09. The maximum atomic E-state index is 12.9. The Morgan fingerprint density at radius 1 is 1.33 bits per heavy atom. The average Bonchev–Trinajstić information content (AvgIpc) is 2.34. The largest absolute Gasteiger partial charge is 0.382 e. The molecule has 0 atom stereocenters. The number of aromatic nitrogens is 2. The Morgan fingerprint density at radius 2 is 2.11 bits per heavy atom. The summed E-state index contributed by atoms with van der Waals surface area (Å²) < 4.78 is 12.9. The number of nitrogens with one attached hydrogen (secondary N) is 1. The van der Waals surface area contributed by atoms with Crippen LogP contribution in [-0.4, -0.2) is 15.9 Å². The van der Waals surface area contributed by atoms with E-state index in [1.165, 1.54) is 24.5 Å². The molecule has 1 aromatic heterocycles. The van der Waals surface area contributed by atoms with Gasteiger partial charge in [-0.1, -0.05) is 11.6 Å². The number of nitrogen functional groups attached to an aromatic ring is 1. The predicted octanol–water partition coefficient (Wildman–Crippen LogP) is 2.10. The first-order chi connectivity index (χ1) is 8.56. The molecule has 0 bridgehead atoms. The molecule has 7 heteroatoms. The van der Waals surface area contributed by atoms with Crippen molar-refractivity contribution in [1.29, 1.82) is 0 Å². The van der Waals surface area contributed by atoms with Crippen molar-refractivity contribution < 1.29 is 9.18 Å². The number of nitrogens with two attached hydrogens (primary N) is 1. The second-order valence-electron chi connectivity index (χ2n) is 3.41. The molecule has 0 saturated heterocycles. The average molecular weight is 267 g/mol. The lowest BCUT2D eigenvalue weighted by molar-refractivity contribution is 0.102. The molecule has 1 aromatic carbocycles. The second kappa shape index (κ2) is 4.97. The first-order valence-electron chi connectivity index (χ1n) is 4.90. The number of hydrogen-bond donors (Lipinski definition) is 2. The minimum Gasteiger partial charge on any atom is -0.382 e. The molecule has 0 aliphatic heterocycles. The number of carbonyl (C=O) groups excluding carboxylic acids is 1. The lowest BCUT2D eigenvalue weighted by Crippen LogP contribution is -2.14. The summed E-state index contributed by atoms with van der Waals surface area (Å²) >= 11 is 5.59. The summed E-state index contributed by atoms with van der Waals surface area (Å²) in [6, 6.07) is 3.86. The Labute approximate surface area is 107 Å². The smallest absolute Gasteiger partial charge is 0.275 e. The fourth-order valence-electron chi connectivity index (χ4n) is 1.22. The van der Waals surface area contributed by atoms with Crippen LogP contribution in [0.1, 0.15) is 10.5 Å². The molecule has 0 unspecified atom stereocenters. The van der Waals surface area contributed by atoms with Gasteiger partial charge in [0.15, 0.2) is 0 Å². The van der Waals surface area contributed by atoms with E-state index in [0.29, 0.717) is 5.69 Å². The third kappa shape index (κ3) is 2.72. The standard InChI is InChI=1S/C11H8ClFN4O/c12-7-3-6(1-2-8(7)13)17-11(18)9-4-16-10(14)5-15-9/h1-5H,(H2,14,16)(H,17,18). The molecule has 0 aliphatic rings. The summed E-state index contributed by atoms with van der Waals surface area (Å²) in [6.07, 6.45) is 2.52. The van der Waals surface area contributed by atoms with E-state index in [2.05, 4.69) is 15.3 Å². The fourth-order valence-corrected chi connectivity index (χ4v) is 1.40. The number of anilines is 2. The van der Waals surface area contributed by atoms with Gasteiger partial charge in [0.1, 0.15) is 17.3 Å². The molecule has 2 rings (SSSR count). The van der Waals surface area contributed by atoms with Gasteiger partial charge in [0.25, 0.3) is 5.91 Å². The molecule has 92 valence electrons. The van der Waals surface area contributed by atoms with Crippen LogP contribution in [0.4, 0.5) is 15.9 Å². The zero-order valence-electron chi connectivity index (χ0n) is 9.02. The van der Waals surface area contributed by atoms with Crippen LogP contribution in [0.5, 0.6) is 0 Å². The van der Waals surface area contributed by atoms with Crippen LogP contribution in [0.25, 0.3) is 0 Å². The monoisotopic (exact) mass is 266 g/mol. The van der Waals surface area contributed by atoms with Crippen molar-refractivity contribution in [3.63, 3.8) is 0 Å². The van der Waals surface area contributed by atoms with Gasteiger partial charge in [0, 0.05) is 5.69 Å². The summed E-state index contributed by atoms with van der Waals surface area (Å²) in [5.41, 5.74) is 5.82. The third-order valence-electron chi connectivity index (χ3n) is 2.08. The zero-order chi connectivity index (χ0) is 13.1. The van der Waals surface area contributed by atoms with Gasteiger partial charge in [-0.25, -0.2) is 14.4 Å². The Hall–Kier alpha value is -2.21. The van der Waals surface area contributed by atoms with Crippen molar-refractivity contribution in [2.24, 2.45) is 0 Å². The van der Waals surface area contributed by atoms with Gasteiger partial charge in [-0.15, -0.1) is 0 Å². The molecule has 18 heavy (non-hydrogen) atoms. The van der Waals surface area contributed by atoms with Crippen molar-refractivity contribution in [3.05, 3.63) is 47.1 Å². The van der Waals surface area contributed by atoms with Crippen LogP contribution in [0.3, 0.4) is 0 Å². The molecule has 3 N–H and O–H groups in total. The summed E-state index contributed by atoms with van der Waals surface area (Å²) in [5.74, 6) is -0.816. The highest BCUT2D eigenvalue weighted by Crippen LogP contribution is 2.19. The maximum Gasteiger partial charge on any atom is 0.275 e. The first-order valence-corrected chi connectivity index (χ1v) is 5.28. The van der Waals surface area contributed by atoms with E-state index in [4.69, 9.17) is 17.3 Å². The Bertz CT molecular complexity index is 588. The number of amides is 1. The van der Waals surface area contributed by atoms with Gasteiger partial charge in [0.05, 0.1) is 17.4 Å². The number of rotatable bonds is 2. The second-order valence-corrected chi connectivity index (χ2v) is 3.82. The van der Waals surface area contributed by atoms with Crippen LogP contribution in [0, 0.1) is 5.82 Å². The number of nitrogens with zero attached hydrogens (tertiary/aromatic N) is 2. The van der Waals surface area contributed by atoms with Gasteiger partial charge in [0.2, 0.25) is 0 Å². The van der Waals surface area contributed by atoms with Crippen molar-refractivity contribution in [3.8, 4) is 0 Å². The summed E-state index contributed by atoms with van der Waals surface area (Å²) in [4.78, 5) is 19.3. The Balaban J connectivity index is 2.16. The van der Waals surface area contributed by atoms with E-state index in [-0.39, 0.29) is 16.5 Å². The van der Waals surface area contributed by atoms with Crippen molar-refractivity contribution in [2.45, 2.75) is 0 Å². The van der Waals surface area contributed by atoms with Crippen LogP contribution in [0.2, 0.25) is 5.02 Å². The van der Waals surface area contributed by atoms with Crippen molar-refractivity contribution in [1.82, 2.24) is 9.97 Å². The lowest BCUT2D eigenvalue weighted by Gasteiger charge is -2.05. The van der Waals surface area contributed by atoms with Gasteiger partial charge < -0.3 is 11.1 Å². The molecule has 0 saturated carbocycles. The van der Waals surface area contributed by atoms with E-state index in [1.54, 1.807) is 0 Å². The van der Waals surface area contributed by atoms with Crippen molar-refractivity contribution >= 4 is 29.0 Å². The first kappa shape index (κ1) is 12.3. The van der Waals surface area contributed by atoms with E-state index in [0.717, 1.165) is 6.07 Å². The van der Waals surface area contributed by atoms with Crippen LogP contribution in [0.15, 0.2) is 30.6 Å². The molecule has 1 heterocycles. The molecule has 0 aliphatic carbocycles. The molecule has 1 amide bonds. The Morgan fingerprint density at radius 3 is 2.72 bits per heavy atom. The summed E-state index contributed by atoms with van der Waals surface area (Å²) in [6.45, 7) is 0. The number of hydrogen-bond acceptors (Lipinski definition) is 4. The Kier molecular flexibility index (Phi) is 3.38. The number of benzene rings is 1. The molecule has 0 radical (unpaired) electrons. The van der Waals surface area contributed by atoms with Crippen molar-refractivity contribution in [2.75, 3.05) is 11.1 Å². The highest BCUT2D eigenvalue weighted by atomic mass is 35.5. The SMILES string of the molecule is Nc1cnc(C(=O)Nc2ccc(F)c(Cl)c2)cn1. The van der Waals surface area contributed by atoms with E-state index >= 15 is 0 Å². The summed E-state index contributed by atoms with van der Waals surface area (Å²) in [7, 11) is 0. The molecular weight excluding hydrogens is 259 g/mol. The summed E-state index contributed by atoms with van der Waals surface area (Å²) in [5, 5.41) is 2.44. The van der Waals surface area contributed by atoms with Gasteiger partial charge in [-0.05, 0) is 18.2 Å². The van der Waals surface area contributed by atoms with Gasteiger partial charge >= 0.3 is 0 Å². The van der Waals surface area contributed by atoms with E-state index < -0.39 is 11.7 Å². The highest BCUT2D eigenvalue weighted by molar-refractivity contribution is 6.31. The normalized spacial score (nSPS) is 10.1. The number of halogens is 2. The third-order valence-corrected chi connectivity index (χ3v) is 2.37. The minimum atomic E-state index is -0.554. The van der Waals surface area contributed by atoms with Crippen LogP contribution >= 0.6 is 11.6 Å². The minimum absolute atomic E-state index is 0.0730. The molecule has 2 aromatic rings. The van der Waals surface area contributed by atoms with Crippen LogP contribution in [-0.2, 0) is 0 Å². The topological polar surface area (TPSA) is 80.9 Å². The molecule has 0 spiro atoms. The van der Waals surface area contributed by atoms with E-state index in [1.807, 2.05) is 0 Å². The predicted molar refractivity (Wildman–Crippen MR) is 65.8 cm³/mol. The fraction of sp³-hybridized carbons (Fsp3) is 0. The van der Waals surface area contributed by atoms with Gasteiger partial charge in [-0.2, -0.15) is 0 Å². The quantitative estimate of drug-likeness (QED) is 0.872. The lowest BCUT2D eigenvalue weighted by atomic mass is 10.3. The van der Waals surface area contributed by atoms with E-state index in [9.17, 15) is 9.18 Å². The van der Waals surface area contributed by atoms with Crippen LogP contribution < -0.4 is 11.1 Å².